The van der Waals surface area contributed by atoms with E-state index in [2.05, 4.69) is 15.6 Å². The van der Waals surface area contributed by atoms with Crippen molar-refractivity contribution in [3.05, 3.63) is 95.6 Å². The Bertz CT molecular complexity index is 961. The molecule has 0 bridgehead atoms. The van der Waals surface area contributed by atoms with E-state index in [1.165, 1.54) is 18.3 Å². The second kappa shape index (κ2) is 9.41. The molecule has 0 aliphatic rings. The number of halogens is 1. The Morgan fingerprint density at radius 1 is 0.964 bits per heavy atom. The van der Waals surface area contributed by atoms with Crippen molar-refractivity contribution >= 4 is 17.5 Å². The van der Waals surface area contributed by atoms with Crippen molar-refractivity contribution in [1.82, 2.24) is 10.3 Å². The molecule has 0 aliphatic heterocycles. The molecule has 0 spiro atoms. The summed E-state index contributed by atoms with van der Waals surface area (Å²) in [5, 5.41) is 5.65. The van der Waals surface area contributed by atoms with Gasteiger partial charge < -0.3 is 10.6 Å². The molecule has 1 heterocycles. The highest BCUT2D eigenvalue weighted by Crippen LogP contribution is 2.12. The van der Waals surface area contributed by atoms with Gasteiger partial charge in [-0.25, -0.2) is 4.39 Å². The third-order valence-corrected chi connectivity index (χ3v) is 4.13. The summed E-state index contributed by atoms with van der Waals surface area (Å²) in [5.74, 6) is -0.665. The van der Waals surface area contributed by atoms with Gasteiger partial charge in [0.05, 0.1) is 5.56 Å². The van der Waals surface area contributed by atoms with Gasteiger partial charge >= 0.3 is 0 Å². The van der Waals surface area contributed by atoms with Crippen molar-refractivity contribution in [2.45, 2.75) is 19.4 Å². The largest absolute Gasteiger partial charge is 0.352 e. The van der Waals surface area contributed by atoms with Crippen LogP contribution in [0.15, 0.2) is 73.1 Å². The Hall–Kier alpha value is -3.54. The highest BCUT2D eigenvalue weighted by atomic mass is 19.1. The lowest BCUT2D eigenvalue weighted by atomic mass is 10.1. The number of nitrogens with zero attached hydrogens (tertiary/aromatic N) is 1. The topological polar surface area (TPSA) is 71.1 Å². The molecular formula is C22H20FN3O2. The van der Waals surface area contributed by atoms with E-state index in [1.807, 2.05) is 12.1 Å². The predicted molar refractivity (Wildman–Crippen MR) is 105 cm³/mol. The summed E-state index contributed by atoms with van der Waals surface area (Å²) < 4.78 is 13.2. The minimum atomic E-state index is -0.303. The Morgan fingerprint density at radius 3 is 2.57 bits per heavy atom. The second-order valence-corrected chi connectivity index (χ2v) is 6.30. The molecule has 142 valence electrons. The molecule has 0 saturated heterocycles. The number of carbonyl (C=O) groups excluding carboxylic acids is 2. The second-order valence-electron chi connectivity index (χ2n) is 6.30. The van der Waals surface area contributed by atoms with E-state index >= 15 is 0 Å². The van der Waals surface area contributed by atoms with Crippen molar-refractivity contribution in [2.75, 3.05) is 5.32 Å². The fraction of sp³-hybridized carbons (Fsp3) is 0.136. The van der Waals surface area contributed by atoms with Gasteiger partial charge in [0.2, 0.25) is 5.91 Å². The number of hydrogen-bond donors (Lipinski definition) is 2. The first-order valence-corrected chi connectivity index (χ1v) is 8.91. The average Bonchev–Trinajstić information content (AvgIpc) is 2.72. The van der Waals surface area contributed by atoms with E-state index in [-0.39, 0.29) is 24.1 Å². The minimum absolute atomic E-state index is 0.117. The molecule has 0 aliphatic carbocycles. The van der Waals surface area contributed by atoms with Gasteiger partial charge in [0, 0.05) is 31.0 Å². The van der Waals surface area contributed by atoms with Crippen molar-refractivity contribution < 1.29 is 14.0 Å². The van der Waals surface area contributed by atoms with Crippen molar-refractivity contribution in [3.63, 3.8) is 0 Å². The van der Waals surface area contributed by atoms with Crippen LogP contribution >= 0.6 is 0 Å². The molecule has 3 rings (SSSR count). The van der Waals surface area contributed by atoms with Gasteiger partial charge in [0.1, 0.15) is 5.82 Å². The standard InChI is InChI=1S/C22H20FN3O2/c23-19-7-1-4-16(12-19)9-10-21(27)25-14-17-5-2-8-20(13-17)26-22(28)18-6-3-11-24-15-18/h1-8,11-13,15H,9-10,14H2,(H,25,27)(H,26,28). The zero-order chi connectivity index (χ0) is 19.8. The van der Waals surface area contributed by atoms with Crippen LogP contribution in [0.3, 0.4) is 0 Å². The third kappa shape index (κ3) is 5.74. The third-order valence-electron chi connectivity index (χ3n) is 4.13. The van der Waals surface area contributed by atoms with E-state index < -0.39 is 0 Å². The van der Waals surface area contributed by atoms with E-state index in [4.69, 9.17) is 0 Å². The van der Waals surface area contributed by atoms with Crippen LogP contribution in [-0.4, -0.2) is 16.8 Å². The van der Waals surface area contributed by atoms with E-state index in [1.54, 1.807) is 42.6 Å². The Morgan fingerprint density at radius 2 is 1.79 bits per heavy atom. The summed E-state index contributed by atoms with van der Waals surface area (Å²) in [6.45, 7) is 0.346. The number of amides is 2. The molecule has 1 aromatic heterocycles. The zero-order valence-corrected chi connectivity index (χ0v) is 15.2. The lowest BCUT2D eigenvalue weighted by molar-refractivity contribution is -0.121. The fourth-order valence-corrected chi connectivity index (χ4v) is 2.70. The van der Waals surface area contributed by atoms with Gasteiger partial charge in [-0.2, -0.15) is 0 Å². The van der Waals surface area contributed by atoms with Crippen LogP contribution in [0.4, 0.5) is 10.1 Å². The molecule has 0 radical (unpaired) electrons. The van der Waals surface area contributed by atoms with Crippen LogP contribution in [0.1, 0.15) is 27.9 Å². The van der Waals surface area contributed by atoms with Crippen LogP contribution in [0.2, 0.25) is 0 Å². The number of nitrogens with one attached hydrogen (secondary N) is 2. The Balaban J connectivity index is 1.50. The normalized spacial score (nSPS) is 10.3. The smallest absolute Gasteiger partial charge is 0.257 e. The summed E-state index contributed by atoms with van der Waals surface area (Å²) in [7, 11) is 0. The highest BCUT2D eigenvalue weighted by Gasteiger charge is 2.07. The maximum absolute atomic E-state index is 13.2. The lowest BCUT2D eigenvalue weighted by Gasteiger charge is -2.09. The molecule has 2 amide bonds. The van der Waals surface area contributed by atoms with Crippen LogP contribution in [-0.2, 0) is 17.8 Å². The predicted octanol–water partition coefficient (Wildman–Crippen LogP) is 3.72. The van der Waals surface area contributed by atoms with Crippen LogP contribution in [0.25, 0.3) is 0 Å². The molecule has 28 heavy (non-hydrogen) atoms. The van der Waals surface area contributed by atoms with E-state index in [0.29, 0.717) is 24.2 Å². The summed E-state index contributed by atoms with van der Waals surface area (Å²) in [4.78, 5) is 28.2. The van der Waals surface area contributed by atoms with Crippen LogP contribution < -0.4 is 10.6 Å². The maximum atomic E-state index is 13.2. The summed E-state index contributed by atoms with van der Waals surface area (Å²) in [6, 6.07) is 16.9. The number of aryl methyl sites for hydroxylation is 1. The van der Waals surface area contributed by atoms with Gasteiger partial charge in [-0.3, -0.25) is 14.6 Å². The minimum Gasteiger partial charge on any atom is -0.352 e. The van der Waals surface area contributed by atoms with Crippen molar-refractivity contribution in [2.24, 2.45) is 0 Å². The SMILES string of the molecule is O=C(CCc1cccc(F)c1)NCc1cccc(NC(=O)c2cccnc2)c1. The van der Waals surface area contributed by atoms with Gasteiger partial charge in [0.15, 0.2) is 0 Å². The van der Waals surface area contributed by atoms with Crippen molar-refractivity contribution in [1.29, 1.82) is 0 Å². The molecule has 6 heteroatoms. The van der Waals surface area contributed by atoms with Gasteiger partial charge in [-0.1, -0.05) is 24.3 Å². The quantitative estimate of drug-likeness (QED) is 0.659. The molecule has 2 N–H and O–H groups in total. The average molecular weight is 377 g/mol. The molecule has 0 saturated carbocycles. The number of carbonyl (C=O) groups is 2. The molecule has 0 atom stereocenters. The molecule has 2 aromatic carbocycles. The number of hydrogen-bond acceptors (Lipinski definition) is 3. The molecule has 3 aromatic rings. The molecular weight excluding hydrogens is 357 g/mol. The fourth-order valence-electron chi connectivity index (χ4n) is 2.70. The van der Waals surface area contributed by atoms with Gasteiger partial charge in [-0.15, -0.1) is 0 Å². The first kappa shape index (κ1) is 19.2. The first-order valence-electron chi connectivity index (χ1n) is 8.91. The summed E-state index contributed by atoms with van der Waals surface area (Å²) >= 11 is 0. The Labute approximate surface area is 162 Å². The number of benzene rings is 2. The molecule has 5 nitrogen and oxygen atoms in total. The number of anilines is 1. The maximum Gasteiger partial charge on any atom is 0.257 e. The monoisotopic (exact) mass is 377 g/mol. The van der Waals surface area contributed by atoms with E-state index in [0.717, 1.165) is 11.1 Å². The van der Waals surface area contributed by atoms with Crippen molar-refractivity contribution in [3.8, 4) is 0 Å². The first-order chi connectivity index (χ1) is 13.6. The number of pyridine rings is 1. The highest BCUT2D eigenvalue weighted by molar-refractivity contribution is 6.04. The number of aromatic nitrogens is 1. The van der Waals surface area contributed by atoms with Gasteiger partial charge in [0.25, 0.3) is 5.91 Å². The van der Waals surface area contributed by atoms with Crippen LogP contribution in [0.5, 0.6) is 0 Å². The summed E-state index contributed by atoms with van der Waals surface area (Å²) in [5.41, 5.74) is 2.76. The van der Waals surface area contributed by atoms with Crippen LogP contribution in [0, 0.1) is 5.82 Å². The molecule has 0 unspecified atom stereocenters. The Kier molecular flexibility index (Phi) is 6.46. The zero-order valence-electron chi connectivity index (χ0n) is 15.2. The lowest BCUT2D eigenvalue weighted by Crippen LogP contribution is -2.23. The number of rotatable bonds is 7. The summed E-state index contributed by atoms with van der Waals surface area (Å²) in [6.07, 6.45) is 3.86. The van der Waals surface area contributed by atoms with Gasteiger partial charge in [-0.05, 0) is 53.9 Å². The molecule has 0 fully saturated rings. The van der Waals surface area contributed by atoms with E-state index in [9.17, 15) is 14.0 Å².